The molecule has 0 spiro atoms. The van der Waals surface area contributed by atoms with Crippen LogP contribution in [0.25, 0.3) is 6.08 Å². The Morgan fingerprint density at radius 1 is 1.20 bits per heavy atom. The lowest BCUT2D eigenvalue weighted by molar-refractivity contribution is -0.123. The van der Waals surface area contributed by atoms with Gasteiger partial charge in [0.15, 0.2) is 0 Å². The van der Waals surface area contributed by atoms with E-state index in [9.17, 15) is 9.59 Å². The average molecular weight is 315 g/mol. The minimum Gasteiger partial charge on any atom is -0.355 e. The molecule has 6 heteroatoms. The summed E-state index contributed by atoms with van der Waals surface area (Å²) in [6.45, 7) is 2.53. The van der Waals surface area contributed by atoms with Gasteiger partial charge in [-0.25, -0.2) is 0 Å². The number of hydrogen-bond acceptors (Lipinski definition) is 2. The first-order valence-electron chi connectivity index (χ1n) is 6.20. The molecule has 0 aromatic heterocycles. The van der Waals surface area contributed by atoms with Gasteiger partial charge >= 0.3 is 0 Å². The molecule has 2 N–H and O–H groups in total. The largest absolute Gasteiger partial charge is 0.355 e. The van der Waals surface area contributed by atoms with Gasteiger partial charge in [-0.05, 0) is 30.2 Å². The fourth-order valence-corrected chi connectivity index (χ4v) is 1.65. The van der Waals surface area contributed by atoms with Crippen molar-refractivity contribution in [1.82, 2.24) is 10.6 Å². The van der Waals surface area contributed by atoms with E-state index in [2.05, 4.69) is 10.6 Å². The first-order valence-corrected chi connectivity index (χ1v) is 6.96. The Kier molecular flexibility index (Phi) is 7.12. The van der Waals surface area contributed by atoms with E-state index in [-0.39, 0.29) is 18.4 Å². The number of carbonyl (C=O) groups excluding carboxylic acids is 2. The van der Waals surface area contributed by atoms with Crippen LogP contribution in [-0.2, 0) is 9.59 Å². The van der Waals surface area contributed by atoms with Gasteiger partial charge in [0.1, 0.15) is 0 Å². The summed E-state index contributed by atoms with van der Waals surface area (Å²) in [5.41, 5.74) is 0.755. The van der Waals surface area contributed by atoms with Crippen LogP contribution < -0.4 is 10.6 Å². The fourth-order valence-electron chi connectivity index (χ4n) is 1.34. The highest BCUT2D eigenvalue weighted by Crippen LogP contribution is 2.22. The maximum atomic E-state index is 11.5. The summed E-state index contributed by atoms with van der Waals surface area (Å²) in [6, 6.07) is 5.05. The van der Waals surface area contributed by atoms with Crippen molar-refractivity contribution in [1.29, 1.82) is 0 Å². The summed E-state index contributed by atoms with van der Waals surface area (Å²) in [5, 5.41) is 6.04. The Balaban J connectivity index is 2.43. The Morgan fingerprint density at radius 3 is 2.60 bits per heavy atom. The molecule has 0 saturated carbocycles. The zero-order valence-corrected chi connectivity index (χ0v) is 12.6. The van der Waals surface area contributed by atoms with E-state index >= 15 is 0 Å². The van der Waals surface area contributed by atoms with E-state index in [1.807, 2.05) is 6.92 Å². The Morgan fingerprint density at radius 2 is 1.95 bits per heavy atom. The highest BCUT2D eigenvalue weighted by atomic mass is 35.5. The number of nitrogens with one attached hydrogen (secondary N) is 2. The summed E-state index contributed by atoms with van der Waals surface area (Å²) in [7, 11) is 0. The van der Waals surface area contributed by atoms with Crippen molar-refractivity contribution in [2.24, 2.45) is 0 Å². The highest BCUT2D eigenvalue weighted by molar-refractivity contribution is 6.42. The molecule has 0 aliphatic heterocycles. The number of amides is 2. The second-order valence-electron chi connectivity index (χ2n) is 4.07. The van der Waals surface area contributed by atoms with Gasteiger partial charge in [-0.2, -0.15) is 0 Å². The second-order valence-corrected chi connectivity index (χ2v) is 4.89. The molecule has 0 unspecified atom stereocenters. The zero-order chi connectivity index (χ0) is 15.0. The summed E-state index contributed by atoms with van der Waals surface area (Å²) < 4.78 is 0. The summed E-state index contributed by atoms with van der Waals surface area (Å²) in [4.78, 5) is 22.8. The highest BCUT2D eigenvalue weighted by Gasteiger charge is 2.02. The van der Waals surface area contributed by atoms with Gasteiger partial charge in [-0.15, -0.1) is 0 Å². The summed E-state index contributed by atoms with van der Waals surface area (Å²) in [6.07, 6.45) is 3.80. The summed E-state index contributed by atoms with van der Waals surface area (Å²) >= 11 is 11.7. The minimum atomic E-state index is -0.345. The van der Waals surface area contributed by atoms with Crippen molar-refractivity contribution in [3.63, 3.8) is 0 Å². The molecule has 2 amide bonds. The van der Waals surface area contributed by atoms with Crippen LogP contribution in [0.2, 0.25) is 10.0 Å². The lowest BCUT2D eigenvalue weighted by Gasteiger charge is -2.03. The summed E-state index contributed by atoms with van der Waals surface area (Å²) in [5.74, 6) is -0.550. The lowest BCUT2D eigenvalue weighted by Crippen LogP contribution is -2.36. The van der Waals surface area contributed by atoms with Gasteiger partial charge in [-0.3, -0.25) is 9.59 Å². The first-order chi connectivity index (χ1) is 9.52. The monoisotopic (exact) mass is 314 g/mol. The van der Waals surface area contributed by atoms with Gasteiger partial charge in [-0.1, -0.05) is 36.2 Å². The van der Waals surface area contributed by atoms with Crippen molar-refractivity contribution in [2.75, 3.05) is 13.1 Å². The normalized spacial score (nSPS) is 10.6. The standard InChI is InChI=1S/C14H16Cl2N2O2/c1-2-7-17-14(20)9-18-13(19)6-4-10-3-5-11(15)12(16)8-10/h3-6,8H,2,7,9H2,1H3,(H,17,20)(H,18,19)/b6-4+. The van der Waals surface area contributed by atoms with Crippen LogP contribution in [0.15, 0.2) is 24.3 Å². The predicted molar refractivity (Wildman–Crippen MR) is 81.8 cm³/mol. The third-order valence-electron chi connectivity index (χ3n) is 2.37. The molecule has 0 atom stereocenters. The van der Waals surface area contributed by atoms with Crippen molar-refractivity contribution in [3.05, 3.63) is 39.9 Å². The molecule has 0 bridgehead atoms. The van der Waals surface area contributed by atoms with E-state index in [4.69, 9.17) is 23.2 Å². The van der Waals surface area contributed by atoms with Crippen LogP contribution in [-0.4, -0.2) is 24.9 Å². The third kappa shape index (κ3) is 6.08. The van der Waals surface area contributed by atoms with E-state index in [0.717, 1.165) is 12.0 Å². The number of benzene rings is 1. The molecule has 0 aliphatic carbocycles. The maximum absolute atomic E-state index is 11.5. The first kappa shape index (κ1) is 16.5. The van der Waals surface area contributed by atoms with E-state index < -0.39 is 0 Å². The molecule has 0 aliphatic rings. The SMILES string of the molecule is CCCNC(=O)CNC(=O)/C=C/c1ccc(Cl)c(Cl)c1. The molecule has 0 saturated heterocycles. The third-order valence-corrected chi connectivity index (χ3v) is 3.11. The van der Waals surface area contributed by atoms with Crippen molar-refractivity contribution < 1.29 is 9.59 Å². The molecule has 0 heterocycles. The van der Waals surface area contributed by atoms with Crippen LogP contribution in [0.1, 0.15) is 18.9 Å². The maximum Gasteiger partial charge on any atom is 0.244 e. The molecule has 108 valence electrons. The predicted octanol–water partition coefficient (Wildman–Crippen LogP) is 2.65. The minimum absolute atomic E-state index is 0.0372. The number of carbonyl (C=O) groups is 2. The second kappa shape index (κ2) is 8.61. The van der Waals surface area contributed by atoms with Crippen LogP contribution in [0.4, 0.5) is 0 Å². The quantitative estimate of drug-likeness (QED) is 0.793. The van der Waals surface area contributed by atoms with Gasteiger partial charge in [0.2, 0.25) is 11.8 Å². The molecule has 20 heavy (non-hydrogen) atoms. The topological polar surface area (TPSA) is 58.2 Å². The van der Waals surface area contributed by atoms with E-state index in [0.29, 0.717) is 16.6 Å². The van der Waals surface area contributed by atoms with Gasteiger partial charge in [0, 0.05) is 12.6 Å². The zero-order valence-electron chi connectivity index (χ0n) is 11.1. The molecule has 0 fully saturated rings. The molecule has 1 aromatic carbocycles. The van der Waals surface area contributed by atoms with Crippen molar-refractivity contribution in [3.8, 4) is 0 Å². The fraction of sp³-hybridized carbons (Fsp3) is 0.286. The van der Waals surface area contributed by atoms with Crippen molar-refractivity contribution in [2.45, 2.75) is 13.3 Å². The lowest BCUT2D eigenvalue weighted by atomic mass is 10.2. The van der Waals surface area contributed by atoms with Crippen LogP contribution in [0.5, 0.6) is 0 Å². The molecule has 1 rings (SSSR count). The van der Waals surface area contributed by atoms with Crippen LogP contribution in [0.3, 0.4) is 0 Å². The van der Waals surface area contributed by atoms with E-state index in [1.54, 1.807) is 24.3 Å². The smallest absolute Gasteiger partial charge is 0.244 e. The molecule has 1 aromatic rings. The van der Waals surface area contributed by atoms with E-state index in [1.165, 1.54) is 6.08 Å². The van der Waals surface area contributed by atoms with Gasteiger partial charge in [0.25, 0.3) is 0 Å². The van der Waals surface area contributed by atoms with Gasteiger partial charge < -0.3 is 10.6 Å². The molecular formula is C14H16Cl2N2O2. The van der Waals surface area contributed by atoms with Crippen LogP contribution >= 0.6 is 23.2 Å². The average Bonchev–Trinajstić information content (AvgIpc) is 2.44. The van der Waals surface area contributed by atoms with Crippen molar-refractivity contribution >= 4 is 41.1 Å². The van der Waals surface area contributed by atoms with Crippen LogP contribution in [0, 0.1) is 0 Å². The molecule has 0 radical (unpaired) electrons. The molecule has 4 nitrogen and oxygen atoms in total. The number of rotatable bonds is 6. The van der Waals surface area contributed by atoms with Gasteiger partial charge in [0.05, 0.1) is 16.6 Å². The Hall–Kier alpha value is -1.52. The Labute approximate surface area is 128 Å². The number of halogens is 2. The molecular weight excluding hydrogens is 299 g/mol. The Bertz CT molecular complexity index is 516. The number of hydrogen-bond donors (Lipinski definition) is 2.